The van der Waals surface area contributed by atoms with Gasteiger partial charge in [-0.05, 0) is 36.9 Å². The van der Waals surface area contributed by atoms with E-state index >= 15 is 0 Å². The fraction of sp³-hybridized carbons (Fsp3) is 0.350. The Labute approximate surface area is 148 Å². The summed E-state index contributed by atoms with van der Waals surface area (Å²) in [7, 11) is 2.14. The molecule has 1 aromatic heterocycles. The van der Waals surface area contributed by atoms with Crippen LogP contribution in [0.2, 0.25) is 0 Å². The van der Waals surface area contributed by atoms with Gasteiger partial charge >= 0.3 is 0 Å². The van der Waals surface area contributed by atoms with E-state index in [0.717, 1.165) is 45.0 Å². The molecule has 2 heterocycles. The molecule has 0 bridgehead atoms. The zero-order valence-electron chi connectivity index (χ0n) is 14.6. The van der Waals surface area contributed by atoms with Crippen LogP contribution < -0.4 is 4.90 Å². The maximum Gasteiger partial charge on any atom is 0.0969 e. The highest BCUT2D eigenvalue weighted by atomic mass is 16.5. The Balaban J connectivity index is 1.39. The van der Waals surface area contributed by atoms with E-state index in [0.29, 0.717) is 0 Å². The normalized spacial score (nSPS) is 15.2. The molecule has 1 aliphatic heterocycles. The van der Waals surface area contributed by atoms with E-state index in [1.54, 1.807) is 0 Å². The Morgan fingerprint density at radius 2 is 1.80 bits per heavy atom. The van der Waals surface area contributed by atoms with Crippen LogP contribution in [0, 0.1) is 0 Å². The molecule has 0 saturated carbocycles. The maximum absolute atomic E-state index is 5.42. The molecule has 5 heteroatoms. The van der Waals surface area contributed by atoms with Crippen LogP contribution in [0.5, 0.6) is 0 Å². The van der Waals surface area contributed by atoms with Crippen LogP contribution in [0.15, 0.2) is 54.9 Å². The molecule has 0 radical (unpaired) electrons. The van der Waals surface area contributed by atoms with Crippen molar-refractivity contribution in [1.29, 1.82) is 0 Å². The zero-order valence-corrected chi connectivity index (χ0v) is 14.6. The number of imidazole rings is 1. The van der Waals surface area contributed by atoms with Crippen LogP contribution in [-0.4, -0.2) is 47.8 Å². The number of hydrogen-bond acceptors (Lipinski definition) is 4. The van der Waals surface area contributed by atoms with Gasteiger partial charge in [0.15, 0.2) is 0 Å². The van der Waals surface area contributed by atoms with Crippen molar-refractivity contribution in [3.05, 3.63) is 60.4 Å². The second kappa shape index (κ2) is 7.25. The lowest BCUT2D eigenvalue weighted by Gasteiger charge is -2.29. The first kappa shape index (κ1) is 16.1. The number of rotatable bonds is 5. The fourth-order valence-corrected chi connectivity index (χ4v) is 3.38. The van der Waals surface area contributed by atoms with Gasteiger partial charge in [-0.25, -0.2) is 4.98 Å². The molecule has 4 rings (SSSR count). The second-order valence-electron chi connectivity index (χ2n) is 6.62. The minimum absolute atomic E-state index is 0.823. The summed E-state index contributed by atoms with van der Waals surface area (Å²) in [6.07, 6.45) is 1.92. The van der Waals surface area contributed by atoms with Gasteiger partial charge in [-0.3, -0.25) is 4.90 Å². The molecule has 1 fully saturated rings. The van der Waals surface area contributed by atoms with E-state index in [2.05, 4.69) is 68.9 Å². The predicted octanol–water partition coefficient (Wildman–Crippen LogP) is 2.96. The molecule has 25 heavy (non-hydrogen) atoms. The number of morpholine rings is 1. The molecule has 0 N–H and O–H groups in total. The third kappa shape index (κ3) is 3.67. The second-order valence-corrected chi connectivity index (χ2v) is 6.62. The van der Waals surface area contributed by atoms with Crippen LogP contribution in [-0.2, 0) is 18.0 Å². The van der Waals surface area contributed by atoms with E-state index in [-0.39, 0.29) is 0 Å². The van der Waals surface area contributed by atoms with Crippen molar-refractivity contribution >= 4 is 16.7 Å². The van der Waals surface area contributed by atoms with Crippen molar-refractivity contribution < 1.29 is 4.74 Å². The highest BCUT2D eigenvalue weighted by Gasteiger charge is 2.11. The molecular weight excluding hydrogens is 312 g/mol. The summed E-state index contributed by atoms with van der Waals surface area (Å²) in [6, 6.07) is 17.2. The Morgan fingerprint density at radius 1 is 1.04 bits per heavy atom. The van der Waals surface area contributed by atoms with E-state index in [1.165, 1.54) is 16.8 Å². The largest absolute Gasteiger partial charge is 0.378 e. The topological polar surface area (TPSA) is 33.5 Å². The van der Waals surface area contributed by atoms with Gasteiger partial charge in [0, 0.05) is 25.3 Å². The molecule has 130 valence electrons. The minimum atomic E-state index is 0.823. The first-order valence-corrected chi connectivity index (χ1v) is 8.80. The molecule has 5 nitrogen and oxygen atoms in total. The van der Waals surface area contributed by atoms with Crippen molar-refractivity contribution in [2.75, 3.05) is 38.3 Å². The van der Waals surface area contributed by atoms with E-state index in [9.17, 15) is 0 Å². The Morgan fingerprint density at radius 3 is 2.60 bits per heavy atom. The van der Waals surface area contributed by atoms with Gasteiger partial charge in [-0.2, -0.15) is 0 Å². The minimum Gasteiger partial charge on any atom is -0.378 e. The van der Waals surface area contributed by atoms with Crippen LogP contribution >= 0.6 is 0 Å². The number of aromatic nitrogens is 2. The molecular formula is C20H24N4O. The standard InChI is InChI=1S/C20H24N4O/c1-22(16-24-15-21-19-4-2-3-5-20(19)24)14-17-6-8-18(9-7-17)23-10-12-25-13-11-23/h2-9,15H,10-14,16H2,1H3. The van der Waals surface area contributed by atoms with Gasteiger partial charge < -0.3 is 14.2 Å². The smallest absolute Gasteiger partial charge is 0.0969 e. The van der Waals surface area contributed by atoms with Crippen LogP contribution in [0.3, 0.4) is 0 Å². The highest BCUT2D eigenvalue weighted by molar-refractivity contribution is 5.74. The molecule has 0 atom stereocenters. The molecule has 1 aliphatic rings. The zero-order chi connectivity index (χ0) is 17.1. The Hall–Kier alpha value is -2.37. The molecule has 2 aromatic carbocycles. The van der Waals surface area contributed by atoms with Crippen LogP contribution in [0.4, 0.5) is 5.69 Å². The predicted molar refractivity (Wildman–Crippen MR) is 101 cm³/mol. The summed E-state index contributed by atoms with van der Waals surface area (Å²) in [5, 5.41) is 0. The molecule has 3 aromatic rings. The van der Waals surface area contributed by atoms with E-state index < -0.39 is 0 Å². The number of para-hydroxylation sites is 2. The first-order valence-electron chi connectivity index (χ1n) is 8.80. The SMILES string of the molecule is CN(Cc1ccc(N2CCOCC2)cc1)Cn1cnc2ccccc21. The fourth-order valence-electron chi connectivity index (χ4n) is 3.38. The summed E-state index contributed by atoms with van der Waals surface area (Å²) in [5.74, 6) is 0. The number of benzene rings is 2. The van der Waals surface area contributed by atoms with Crippen molar-refractivity contribution in [2.45, 2.75) is 13.2 Å². The summed E-state index contributed by atoms with van der Waals surface area (Å²) >= 11 is 0. The summed E-state index contributed by atoms with van der Waals surface area (Å²) < 4.78 is 7.61. The maximum atomic E-state index is 5.42. The molecule has 0 aliphatic carbocycles. The average Bonchev–Trinajstić information content (AvgIpc) is 3.06. The number of ether oxygens (including phenoxy) is 1. The van der Waals surface area contributed by atoms with E-state index in [1.807, 2.05) is 12.4 Å². The quantitative estimate of drug-likeness (QED) is 0.717. The number of nitrogens with zero attached hydrogens (tertiary/aromatic N) is 4. The Bertz CT molecular complexity index is 821. The average molecular weight is 336 g/mol. The summed E-state index contributed by atoms with van der Waals surface area (Å²) in [6.45, 7) is 5.34. The molecule has 1 saturated heterocycles. The van der Waals surface area contributed by atoms with Crippen molar-refractivity contribution in [3.8, 4) is 0 Å². The summed E-state index contributed by atoms with van der Waals surface area (Å²) in [5.41, 5.74) is 4.84. The lowest BCUT2D eigenvalue weighted by Crippen LogP contribution is -2.36. The van der Waals surface area contributed by atoms with Gasteiger partial charge in [-0.1, -0.05) is 24.3 Å². The number of fused-ring (bicyclic) bond motifs is 1. The Kier molecular flexibility index (Phi) is 4.68. The van der Waals surface area contributed by atoms with Gasteiger partial charge in [0.25, 0.3) is 0 Å². The number of hydrogen-bond donors (Lipinski definition) is 0. The first-order chi connectivity index (χ1) is 12.3. The van der Waals surface area contributed by atoms with Gasteiger partial charge in [0.05, 0.1) is 37.2 Å². The van der Waals surface area contributed by atoms with Crippen molar-refractivity contribution in [1.82, 2.24) is 14.5 Å². The van der Waals surface area contributed by atoms with Gasteiger partial charge in [0.2, 0.25) is 0 Å². The molecule has 0 amide bonds. The third-order valence-corrected chi connectivity index (χ3v) is 4.69. The van der Waals surface area contributed by atoms with E-state index in [4.69, 9.17) is 4.74 Å². The van der Waals surface area contributed by atoms with Crippen molar-refractivity contribution in [2.24, 2.45) is 0 Å². The van der Waals surface area contributed by atoms with Crippen molar-refractivity contribution in [3.63, 3.8) is 0 Å². The lowest BCUT2D eigenvalue weighted by molar-refractivity contribution is 0.122. The molecule has 0 unspecified atom stereocenters. The van der Waals surface area contributed by atoms with Gasteiger partial charge in [-0.15, -0.1) is 0 Å². The third-order valence-electron chi connectivity index (χ3n) is 4.69. The highest BCUT2D eigenvalue weighted by Crippen LogP contribution is 2.18. The number of anilines is 1. The van der Waals surface area contributed by atoms with Crippen LogP contribution in [0.1, 0.15) is 5.56 Å². The lowest BCUT2D eigenvalue weighted by atomic mass is 10.2. The summed E-state index contributed by atoms with van der Waals surface area (Å²) in [4.78, 5) is 9.15. The monoisotopic (exact) mass is 336 g/mol. The molecule has 0 spiro atoms. The van der Waals surface area contributed by atoms with Gasteiger partial charge in [0.1, 0.15) is 0 Å². The van der Waals surface area contributed by atoms with Crippen LogP contribution in [0.25, 0.3) is 11.0 Å².